The molecule has 130 valence electrons. The number of aryl methyl sites for hydroxylation is 1. The molecule has 0 bridgehead atoms. The van der Waals surface area contributed by atoms with Gasteiger partial charge in [0.05, 0.1) is 28.1 Å². The van der Waals surface area contributed by atoms with Crippen molar-refractivity contribution < 1.29 is 9.47 Å². The van der Waals surface area contributed by atoms with Crippen molar-refractivity contribution in [2.75, 3.05) is 26.3 Å². The van der Waals surface area contributed by atoms with E-state index in [9.17, 15) is 0 Å². The van der Waals surface area contributed by atoms with Gasteiger partial charge in [-0.2, -0.15) is 0 Å². The van der Waals surface area contributed by atoms with E-state index in [0.29, 0.717) is 12.5 Å². The lowest BCUT2D eigenvalue weighted by molar-refractivity contribution is -0.000365. The summed E-state index contributed by atoms with van der Waals surface area (Å²) >= 11 is 1.77. The Hall–Kier alpha value is -2.02. The zero-order valence-electron chi connectivity index (χ0n) is 14.2. The Balaban J connectivity index is 1.65. The molecule has 1 N–H and O–H groups in total. The lowest BCUT2D eigenvalue weighted by atomic mass is 10.2. The monoisotopic (exact) mass is 355 g/mol. The SMILES string of the molecule is CCc1ccc(-c2cc3ncccc3c(OC[C@@H]3CNCCO3)n2)s1. The molecule has 0 aliphatic carbocycles. The lowest BCUT2D eigenvalue weighted by Gasteiger charge is -2.23. The van der Waals surface area contributed by atoms with Gasteiger partial charge in [-0.25, -0.2) is 4.98 Å². The van der Waals surface area contributed by atoms with Crippen LogP contribution in [0.2, 0.25) is 0 Å². The summed E-state index contributed by atoms with van der Waals surface area (Å²) in [7, 11) is 0. The molecule has 0 aromatic carbocycles. The third-order valence-corrected chi connectivity index (χ3v) is 5.49. The number of hydrogen-bond donors (Lipinski definition) is 1. The van der Waals surface area contributed by atoms with Gasteiger partial charge >= 0.3 is 0 Å². The molecule has 4 rings (SSSR count). The summed E-state index contributed by atoms with van der Waals surface area (Å²) < 4.78 is 11.8. The molecule has 0 unspecified atom stereocenters. The molecule has 0 spiro atoms. The van der Waals surface area contributed by atoms with Gasteiger partial charge in [-0.05, 0) is 36.8 Å². The van der Waals surface area contributed by atoms with Crippen molar-refractivity contribution in [1.82, 2.24) is 15.3 Å². The van der Waals surface area contributed by atoms with E-state index in [1.54, 1.807) is 17.5 Å². The fraction of sp³-hybridized carbons (Fsp3) is 0.368. The molecule has 5 nitrogen and oxygen atoms in total. The summed E-state index contributed by atoms with van der Waals surface area (Å²) in [6, 6.07) is 10.2. The Morgan fingerprint density at radius 3 is 3.12 bits per heavy atom. The van der Waals surface area contributed by atoms with Gasteiger partial charge in [0.2, 0.25) is 5.88 Å². The van der Waals surface area contributed by atoms with Crippen LogP contribution < -0.4 is 10.1 Å². The number of thiophene rings is 1. The van der Waals surface area contributed by atoms with Crippen molar-refractivity contribution in [3.8, 4) is 16.5 Å². The highest BCUT2D eigenvalue weighted by molar-refractivity contribution is 7.15. The molecule has 1 atom stereocenters. The highest BCUT2D eigenvalue weighted by atomic mass is 32.1. The van der Waals surface area contributed by atoms with Gasteiger partial charge < -0.3 is 14.8 Å². The fourth-order valence-electron chi connectivity index (χ4n) is 2.89. The predicted octanol–water partition coefficient (Wildman–Crippen LogP) is 3.29. The summed E-state index contributed by atoms with van der Waals surface area (Å²) in [5.41, 5.74) is 1.81. The topological polar surface area (TPSA) is 56.3 Å². The molecule has 1 fully saturated rings. The molecule has 3 aromatic rings. The van der Waals surface area contributed by atoms with Crippen molar-refractivity contribution in [2.24, 2.45) is 0 Å². The van der Waals surface area contributed by atoms with E-state index in [0.717, 1.165) is 47.6 Å². The molecule has 1 aliphatic rings. The van der Waals surface area contributed by atoms with Gasteiger partial charge in [-0.1, -0.05) is 6.92 Å². The smallest absolute Gasteiger partial charge is 0.223 e. The van der Waals surface area contributed by atoms with E-state index >= 15 is 0 Å². The molecule has 3 aromatic heterocycles. The lowest BCUT2D eigenvalue weighted by Crippen LogP contribution is -2.41. The summed E-state index contributed by atoms with van der Waals surface area (Å²) in [5.74, 6) is 0.626. The van der Waals surface area contributed by atoms with E-state index in [4.69, 9.17) is 14.5 Å². The molecular formula is C19H21N3O2S. The van der Waals surface area contributed by atoms with Gasteiger partial charge in [-0.3, -0.25) is 4.98 Å². The number of pyridine rings is 2. The quantitative estimate of drug-likeness (QED) is 0.761. The second-order valence-corrected chi connectivity index (χ2v) is 7.18. The van der Waals surface area contributed by atoms with Crippen LogP contribution in [0.5, 0.6) is 5.88 Å². The van der Waals surface area contributed by atoms with Crippen molar-refractivity contribution >= 4 is 22.2 Å². The van der Waals surface area contributed by atoms with Crippen LogP contribution in [0.4, 0.5) is 0 Å². The normalized spacial score (nSPS) is 17.7. The summed E-state index contributed by atoms with van der Waals surface area (Å²) in [4.78, 5) is 11.8. The number of nitrogens with zero attached hydrogens (tertiary/aromatic N) is 2. The Kier molecular flexibility index (Phi) is 4.92. The second-order valence-electron chi connectivity index (χ2n) is 6.01. The number of ether oxygens (including phenoxy) is 2. The first kappa shape index (κ1) is 16.4. The Morgan fingerprint density at radius 1 is 1.36 bits per heavy atom. The first-order chi connectivity index (χ1) is 12.3. The third kappa shape index (κ3) is 3.66. The van der Waals surface area contributed by atoms with Crippen LogP contribution in [-0.2, 0) is 11.2 Å². The number of aromatic nitrogens is 2. The maximum absolute atomic E-state index is 6.04. The maximum Gasteiger partial charge on any atom is 0.223 e. The third-order valence-electron chi connectivity index (χ3n) is 4.24. The number of fused-ring (bicyclic) bond motifs is 1. The fourth-order valence-corrected chi connectivity index (χ4v) is 3.79. The Morgan fingerprint density at radius 2 is 2.32 bits per heavy atom. The molecule has 25 heavy (non-hydrogen) atoms. The molecule has 1 aliphatic heterocycles. The van der Waals surface area contributed by atoms with E-state index in [1.165, 1.54) is 4.88 Å². The molecule has 0 amide bonds. The number of morpholine rings is 1. The number of rotatable bonds is 5. The van der Waals surface area contributed by atoms with Crippen LogP contribution in [0.25, 0.3) is 21.5 Å². The van der Waals surface area contributed by atoms with Crippen molar-refractivity contribution in [3.05, 3.63) is 41.4 Å². The van der Waals surface area contributed by atoms with Gasteiger partial charge in [0, 0.05) is 24.2 Å². The zero-order valence-corrected chi connectivity index (χ0v) is 15.0. The zero-order chi connectivity index (χ0) is 17.1. The van der Waals surface area contributed by atoms with Crippen molar-refractivity contribution in [1.29, 1.82) is 0 Å². The minimum Gasteiger partial charge on any atom is -0.474 e. The first-order valence-corrected chi connectivity index (χ1v) is 9.45. The number of hydrogen-bond acceptors (Lipinski definition) is 6. The van der Waals surface area contributed by atoms with Crippen LogP contribution in [0.3, 0.4) is 0 Å². The van der Waals surface area contributed by atoms with E-state index < -0.39 is 0 Å². The van der Waals surface area contributed by atoms with Gasteiger partial charge in [0.25, 0.3) is 0 Å². The minimum absolute atomic E-state index is 0.0550. The molecular weight excluding hydrogens is 334 g/mol. The van der Waals surface area contributed by atoms with Crippen LogP contribution in [0.15, 0.2) is 36.5 Å². The average molecular weight is 355 g/mol. The largest absolute Gasteiger partial charge is 0.474 e. The molecule has 0 radical (unpaired) electrons. The van der Waals surface area contributed by atoms with E-state index in [-0.39, 0.29) is 6.10 Å². The predicted molar refractivity (Wildman–Crippen MR) is 100 cm³/mol. The van der Waals surface area contributed by atoms with Gasteiger partial charge in [0.15, 0.2) is 0 Å². The first-order valence-electron chi connectivity index (χ1n) is 8.63. The summed E-state index contributed by atoms with van der Waals surface area (Å²) in [6.45, 7) is 5.07. The molecule has 1 saturated heterocycles. The van der Waals surface area contributed by atoms with E-state index in [1.807, 2.05) is 18.2 Å². The van der Waals surface area contributed by atoms with E-state index in [2.05, 4.69) is 29.4 Å². The molecule has 6 heteroatoms. The summed E-state index contributed by atoms with van der Waals surface area (Å²) in [6.07, 6.45) is 2.89. The Labute approximate surface area is 151 Å². The van der Waals surface area contributed by atoms with Crippen molar-refractivity contribution in [3.63, 3.8) is 0 Å². The van der Waals surface area contributed by atoms with Crippen molar-refractivity contribution in [2.45, 2.75) is 19.4 Å². The standard InChI is InChI=1S/C19H21N3O2S/c1-2-14-5-6-18(25-14)17-10-16-15(4-3-7-21-16)19(22-17)24-12-13-11-20-8-9-23-13/h3-7,10,13,20H,2,8-9,11-12H2,1H3/t13-/m0/s1. The van der Waals surface area contributed by atoms with Gasteiger partial charge in [-0.15, -0.1) is 11.3 Å². The second kappa shape index (κ2) is 7.47. The maximum atomic E-state index is 6.04. The highest BCUT2D eigenvalue weighted by Gasteiger charge is 2.16. The van der Waals surface area contributed by atoms with Crippen LogP contribution in [0.1, 0.15) is 11.8 Å². The number of nitrogens with one attached hydrogen (secondary N) is 1. The van der Waals surface area contributed by atoms with Gasteiger partial charge in [0.1, 0.15) is 12.7 Å². The molecule has 4 heterocycles. The van der Waals surface area contributed by atoms with Crippen LogP contribution in [0, 0.1) is 0 Å². The summed E-state index contributed by atoms with van der Waals surface area (Å²) in [5, 5.41) is 4.25. The van der Waals surface area contributed by atoms with Crippen LogP contribution >= 0.6 is 11.3 Å². The minimum atomic E-state index is 0.0550. The highest BCUT2D eigenvalue weighted by Crippen LogP contribution is 2.32. The Bertz CT molecular complexity index is 859. The van der Waals surface area contributed by atoms with Crippen LogP contribution in [-0.4, -0.2) is 42.4 Å². The molecule has 0 saturated carbocycles. The average Bonchev–Trinajstić information content (AvgIpc) is 3.16.